The lowest BCUT2D eigenvalue weighted by atomic mass is 10.3. The SMILES string of the molecule is COc1ccc(NC(=S)NCc2ccncc2)cn1. The van der Waals surface area contributed by atoms with Gasteiger partial charge in [-0.25, -0.2) is 4.98 Å². The first-order chi connectivity index (χ1) is 9.28. The first-order valence-electron chi connectivity index (χ1n) is 5.72. The van der Waals surface area contributed by atoms with Crippen LogP contribution in [0.3, 0.4) is 0 Å². The molecule has 0 aliphatic rings. The van der Waals surface area contributed by atoms with E-state index in [-0.39, 0.29) is 0 Å². The smallest absolute Gasteiger partial charge is 0.213 e. The number of ether oxygens (including phenoxy) is 1. The largest absolute Gasteiger partial charge is 0.481 e. The third kappa shape index (κ3) is 4.18. The minimum atomic E-state index is 0.545. The zero-order chi connectivity index (χ0) is 13.5. The molecule has 98 valence electrons. The molecule has 0 aliphatic carbocycles. The molecule has 6 heteroatoms. The summed E-state index contributed by atoms with van der Waals surface area (Å²) in [7, 11) is 1.58. The topological polar surface area (TPSA) is 59.1 Å². The summed E-state index contributed by atoms with van der Waals surface area (Å²) in [4.78, 5) is 8.05. The third-order valence-corrected chi connectivity index (χ3v) is 2.65. The van der Waals surface area contributed by atoms with Crippen molar-refractivity contribution in [2.45, 2.75) is 6.54 Å². The fraction of sp³-hybridized carbons (Fsp3) is 0.154. The molecule has 0 radical (unpaired) electrons. The Bertz CT molecular complexity index is 530. The van der Waals surface area contributed by atoms with Crippen LogP contribution < -0.4 is 15.4 Å². The summed E-state index contributed by atoms with van der Waals surface area (Å²) < 4.78 is 4.99. The Labute approximate surface area is 117 Å². The lowest BCUT2D eigenvalue weighted by molar-refractivity contribution is 0.398. The summed E-state index contributed by atoms with van der Waals surface area (Å²) >= 11 is 5.20. The van der Waals surface area contributed by atoms with Crippen LogP contribution in [0, 0.1) is 0 Å². The van der Waals surface area contributed by atoms with Gasteiger partial charge in [0.15, 0.2) is 5.11 Å². The van der Waals surface area contributed by atoms with Gasteiger partial charge in [0, 0.05) is 25.0 Å². The minimum Gasteiger partial charge on any atom is -0.481 e. The van der Waals surface area contributed by atoms with Crippen LogP contribution >= 0.6 is 12.2 Å². The molecule has 0 aromatic carbocycles. The Balaban J connectivity index is 1.83. The normalized spacial score (nSPS) is 9.74. The van der Waals surface area contributed by atoms with E-state index in [1.54, 1.807) is 31.8 Å². The van der Waals surface area contributed by atoms with Crippen LogP contribution in [0.5, 0.6) is 5.88 Å². The Hall–Kier alpha value is -2.21. The Morgan fingerprint density at radius 2 is 2.05 bits per heavy atom. The molecule has 0 fully saturated rings. The number of pyridine rings is 2. The molecule has 0 unspecified atom stereocenters. The number of rotatable bonds is 4. The van der Waals surface area contributed by atoms with Crippen LogP contribution in [0.15, 0.2) is 42.9 Å². The monoisotopic (exact) mass is 274 g/mol. The van der Waals surface area contributed by atoms with Gasteiger partial charge in [0.05, 0.1) is 19.0 Å². The number of thiocarbonyl (C=S) groups is 1. The average molecular weight is 274 g/mol. The van der Waals surface area contributed by atoms with Crippen LogP contribution in [-0.2, 0) is 6.54 Å². The van der Waals surface area contributed by atoms with Crippen molar-refractivity contribution in [1.82, 2.24) is 15.3 Å². The molecular weight excluding hydrogens is 260 g/mol. The van der Waals surface area contributed by atoms with Crippen LogP contribution in [0.4, 0.5) is 5.69 Å². The highest BCUT2D eigenvalue weighted by molar-refractivity contribution is 7.80. The van der Waals surface area contributed by atoms with Crippen molar-refractivity contribution in [3.8, 4) is 5.88 Å². The number of hydrogen-bond donors (Lipinski definition) is 2. The summed E-state index contributed by atoms with van der Waals surface area (Å²) in [6.07, 6.45) is 5.17. The lowest BCUT2D eigenvalue weighted by Crippen LogP contribution is -2.27. The Morgan fingerprint density at radius 1 is 1.26 bits per heavy atom. The van der Waals surface area contributed by atoms with Crippen molar-refractivity contribution in [1.29, 1.82) is 0 Å². The van der Waals surface area contributed by atoms with Crippen LogP contribution in [-0.4, -0.2) is 22.2 Å². The number of methoxy groups -OCH3 is 1. The molecule has 0 saturated carbocycles. The van der Waals surface area contributed by atoms with E-state index in [9.17, 15) is 0 Å². The van der Waals surface area contributed by atoms with Gasteiger partial charge in [-0.05, 0) is 36.0 Å². The predicted molar refractivity (Wildman–Crippen MR) is 78.1 cm³/mol. The molecule has 0 amide bonds. The molecule has 2 rings (SSSR count). The summed E-state index contributed by atoms with van der Waals surface area (Å²) in [5.74, 6) is 0.571. The molecular formula is C13H14N4OS. The van der Waals surface area contributed by atoms with Gasteiger partial charge < -0.3 is 15.4 Å². The van der Waals surface area contributed by atoms with Gasteiger partial charge in [0.1, 0.15) is 0 Å². The molecule has 0 aliphatic heterocycles. The van der Waals surface area contributed by atoms with Gasteiger partial charge in [0.25, 0.3) is 0 Å². The van der Waals surface area contributed by atoms with E-state index in [1.807, 2.05) is 18.2 Å². The molecule has 2 heterocycles. The second-order valence-electron chi connectivity index (χ2n) is 3.75. The summed E-state index contributed by atoms with van der Waals surface area (Å²) in [6, 6.07) is 7.50. The van der Waals surface area contributed by atoms with Crippen molar-refractivity contribution in [3.05, 3.63) is 48.4 Å². The van der Waals surface area contributed by atoms with E-state index < -0.39 is 0 Å². The highest BCUT2D eigenvalue weighted by atomic mass is 32.1. The van der Waals surface area contributed by atoms with Gasteiger partial charge in [-0.1, -0.05) is 0 Å². The van der Waals surface area contributed by atoms with Crippen LogP contribution in [0.1, 0.15) is 5.56 Å². The van der Waals surface area contributed by atoms with Gasteiger partial charge in [-0.2, -0.15) is 0 Å². The molecule has 0 bridgehead atoms. The fourth-order valence-corrected chi connectivity index (χ4v) is 1.62. The van der Waals surface area contributed by atoms with Crippen LogP contribution in [0.2, 0.25) is 0 Å². The first kappa shape index (κ1) is 13.2. The molecule has 5 nitrogen and oxygen atoms in total. The molecule has 19 heavy (non-hydrogen) atoms. The van der Waals surface area contributed by atoms with E-state index in [0.29, 0.717) is 17.5 Å². The quantitative estimate of drug-likeness (QED) is 0.831. The highest BCUT2D eigenvalue weighted by Gasteiger charge is 1.99. The van der Waals surface area contributed by atoms with Gasteiger partial charge in [-0.15, -0.1) is 0 Å². The standard InChI is InChI=1S/C13H14N4OS/c1-18-12-3-2-11(9-15-12)17-13(19)16-8-10-4-6-14-7-5-10/h2-7,9H,8H2,1H3,(H2,16,17,19). The highest BCUT2D eigenvalue weighted by Crippen LogP contribution is 2.10. The Kier molecular flexibility index (Phi) is 4.63. The van der Waals surface area contributed by atoms with Crippen molar-refractivity contribution in [2.24, 2.45) is 0 Å². The second-order valence-corrected chi connectivity index (χ2v) is 4.16. The molecule has 2 N–H and O–H groups in total. The number of nitrogens with zero attached hydrogens (tertiary/aromatic N) is 2. The van der Waals surface area contributed by atoms with E-state index in [4.69, 9.17) is 17.0 Å². The summed E-state index contributed by atoms with van der Waals surface area (Å²) in [5.41, 5.74) is 1.93. The maximum Gasteiger partial charge on any atom is 0.213 e. The van der Waals surface area contributed by atoms with E-state index in [0.717, 1.165) is 11.3 Å². The van der Waals surface area contributed by atoms with E-state index in [1.165, 1.54) is 0 Å². The van der Waals surface area contributed by atoms with Crippen molar-refractivity contribution in [2.75, 3.05) is 12.4 Å². The molecule has 0 saturated heterocycles. The predicted octanol–water partition coefficient (Wildman–Crippen LogP) is 1.97. The number of anilines is 1. The maximum atomic E-state index is 5.20. The van der Waals surface area contributed by atoms with Crippen molar-refractivity contribution in [3.63, 3.8) is 0 Å². The zero-order valence-corrected chi connectivity index (χ0v) is 11.3. The Morgan fingerprint density at radius 3 is 2.68 bits per heavy atom. The van der Waals surface area contributed by atoms with Crippen molar-refractivity contribution >= 4 is 23.0 Å². The average Bonchev–Trinajstić information content (AvgIpc) is 2.47. The van der Waals surface area contributed by atoms with Gasteiger partial charge in [0.2, 0.25) is 5.88 Å². The number of aromatic nitrogens is 2. The number of nitrogens with one attached hydrogen (secondary N) is 2. The lowest BCUT2D eigenvalue weighted by Gasteiger charge is -2.10. The number of hydrogen-bond acceptors (Lipinski definition) is 4. The minimum absolute atomic E-state index is 0.545. The maximum absolute atomic E-state index is 5.20. The molecule has 2 aromatic rings. The summed E-state index contributed by atoms with van der Waals surface area (Å²) in [6.45, 7) is 0.651. The molecule has 0 atom stereocenters. The third-order valence-electron chi connectivity index (χ3n) is 2.41. The van der Waals surface area contributed by atoms with Gasteiger partial charge >= 0.3 is 0 Å². The van der Waals surface area contributed by atoms with E-state index in [2.05, 4.69) is 20.6 Å². The zero-order valence-electron chi connectivity index (χ0n) is 10.5. The van der Waals surface area contributed by atoms with Gasteiger partial charge in [-0.3, -0.25) is 4.98 Å². The van der Waals surface area contributed by atoms with Crippen molar-refractivity contribution < 1.29 is 4.74 Å². The van der Waals surface area contributed by atoms with E-state index >= 15 is 0 Å². The molecule has 0 spiro atoms. The first-order valence-corrected chi connectivity index (χ1v) is 6.12. The fourth-order valence-electron chi connectivity index (χ4n) is 1.43. The second kappa shape index (κ2) is 6.65. The molecule has 2 aromatic heterocycles. The summed E-state index contributed by atoms with van der Waals surface area (Å²) in [5, 5.41) is 6.70. The van der Waals surface area contributed by atoms with Crippen LogP contribution in [0.25, 0.3) is 0 Å².